The lowest BCUT2D eigenvalue weighted by molar-refractivity contribution is 0.0915. The molecule has 0 atom stereocenters. The summed E-state index contributed by atoms with van der Waals surface area (Å²) in [5, 5.41) is 2.75. The van der Waals surface area contributed by atoms with Crippen LogP contribution in [-0.2, 0) is 0 Å². The number of thiocarbonyl (C=S) groups is 1. The Bertz CT molecular complexity index is 503. The highest BCUT2D eigenvalue weighted by molar-refractivity contribution is 9.10. The molecule has 0 saturated carbocycles. The lowest BCUT2D eigenvalue weighted by Crippen LogP contribution is -2.56. The van der Waals surface area contributed by atoms with Gasteiger partial charge in [-0.25, -0.2) is 4.39 Å². The van der Waals surface area contributed by atoms with Crippen molar-refractivity contribution in [3.8, 4) is 0 Å². The predicted molar refractivity (Wildman–Crippen MR) is 81.7 cm³/mol. The zero-order chi connectivity index (χ0) is 14.6. The van der Waals surface area contributed by atoms with Gasteiger partial charge in [0.05, 0.1) is 20.6 Å². The Kier molecular flexibility index (Phi) is 5.43. The molecule has 0 saturated heterocycles. The molecule has 1 aromatic carbocycles. The second-order valence-electron chi connectivity index (χ2n) is 4.21. The van der Waals surface area contributed by atoms with Gasteiger partial charge in [0.25, 0.3) is 5.91 Å². The van der Waals surface area contributed by atoms with Gasteiger partial charge in [-0.2, -0.15) is 0 Å². The van der Waals surface area contributed by atoms with Crippen LogP contribution < -0.4 is 11.1 Å². The summed E-state index contributed by atoms with van der Waals surface area (Å²) in [6, 6.07) is 4.56. The summed E-state index contributed by atoms with van der Waals surface area (Å²) in [5.74, 6) is -1.11. The van der Waals surface area contributed by atoms with Crippen molar-refractivity contribution in [2.45, 2.75) is 32.2 Å². The first-order valence-electron chi connectivity index (χ1n) is 5.94. The highest BCUT2D eigenvalue weighted by atomic mass is 79.9. The van der Waals surface area contributed by atoms with E-state index < -0.39 is 17.3 Å². The van der Waals surface area contributed by atoms with Crippen LogP contribution in [0.1, 0.15) is 37.0 Å². The Labute approximate surface area is 125 Å². The first kappa shape index (κ1) is 16.0. The lowest BCUT2D eigenvalue weighted by atomic mass is 9.92. The van der Waals surface area contributed by atoms with Gasteiger partial charge < -0.3 is 11.1 Å². The largest absolute Gasteiger partial charge is 0.391 e. The Morgan fingerprint density at radius 3 is 2.53 bits per heavy atom. The van der Waals surface area contributed by atoms with Gasteiger partial charge in [-0.05, 0) is 40.9 Å². The number of nitrogens with two attached hydrogens (primary N) is 1. The van der Waals surface area contributed by atoms with Crippen LogP contribution in [0.25, 0.3) is 0 Å². The molecule has 0 aromatic heterocycles. The highest BCUT2D eigenvalue weighted by Gasteiger charge is 2.32. The number of hydrogen-bond donors (Lipinski definition) is 2. The van der Waals surface area contributed by atoms with E-state index in [0.717, 1.165) is 0 Å². The summed E-state index contributed by atoms with van der Waals surface area (Å²) in [4.78, 5) is 12.4. The van der Waals surface area contributed by atoms with Gasteiger partial charge in [0.1, 0.15) is 5.82 Å². The Morgan fingerprint density at radius 1 is 1.47 bits per heavy atom. The van der Waals surface area contributed by atoms with Crippen molar-refractivity contribution in [3.63, 3.8) is 0 Å². The number of nitrogens with one attached hydrogen (secondary N) is 1. The molecule has 0 aliphatic carbocycles. The molecule has 104 valence electrons. The first-order valence-corrected chi connectivity index (χ1v) is 7.14. The van der Waals surface area contributed by atoms with Crippen LogP contribution in [0, 0.1) is 5.82 Å². The summed E-state index contributed by atoms with van der Waals surface area (Å²) in [6.45, 7) is 3.75. The zero-order valence-electron chi connectivity index (χ0n) is 10.8. The van der Waals surface area contributed by atoms with E-state index in [-0.39, 0.29) is 15.0 Å². The third-order valence-electron chi connectivity index (χ3n) is 3.23. The van der Waals surface area contributed by atoms with E-state index in [1.54, 1.807) is 6.07 Å². The molecule has 1 amide bonds. The molecule has 3 nitrogen and oxygen atoms in total. The summed E-state index contributed by atoms with van der Waals surface area (Å²) >= 11 is 8.07. The Morgan fingerprint density at radius 2 is 2.05 bits per heavy atom. The zero-order valence-corrected chi connectivity index (χ0v) is 13.2. The van der Waals surface area contributed by atoms with E-state index in [1.807, 2.05) is 13.8 Å². The second kappa shape index (κ2) is 6.43. The monoisotopic (exact) mass is 346 g/mol. The van der Waals surface area contributed by atoms with Crippen molar-refractivity contribution in [2.75, 3.05) is 0 Å². The molecule has 1 aromatic rings. The number of carbonyl (C=O) groups is 1. The highest BCUT2D eigenvalue weighted by Crippen LogP contribution is 2.21. The van der Waals surface area contributed by atoms with Crippen molar-refractivity contribution < 1.29 is 9.18 Å². The van der Waals surface area contributed by atoms with E-state index in [4.69, 9.17) is 18.0 Å². The van der Waals surface area contributed by atoms with Crippen LogP contribution in [0.15, 0.2) is 22.7 Å². The lowest BCUT2D eigenvalue weighted by Gasteiger charge is -2.31. The fraction of sp³-hybridized carbons (Fsp3) is 0.385. The van der Waals surface area contributed by atoms with Crippen LogP contribution in [0.4, 0.5) is 4.39 Å². The SMILES string of the molecule is CCC(CC)(NC(=O)c1cccc(Br)c1F)C(N)=S. The van der Waals surface area contributed by atoms with E-state index in [0.29, 0.717) is 12.8 Å². The summed E-state index contributed by atoms with van der Waals surface area (Å²) in [5.41, 5.74) is 4.89. The van der Waals surface area contributed by atoms with Gasteiger partial charge >= 0.3 is 0 Å². The molecule has 1 rings (SSSR count). The number of halogens is 2. The third-order valence-corrected chi connectivity index (χ3v) is 4.23. The molecule has 0 heterocycles. The van der Waals surface area contributed by atoms with Crippen LogP contribution in [0.3, 0.4) is 0 Å². The fourth-order valence-corrected chi connectivity index (χ4v) is 2.51. The van der Waals surface area contributed by atoms with Crippen LogP contribution in [0.2, 0.25) is 0 Å². The van der Waals surface area contributed by atoms with Gasteiger partial charge in [-0.15, -0.1) is 0 Å². The van der Waals surface area contributed by atoms with E-state index >= 15 is 0 Å². The summed E-state index contributed by atoms with van der Waals surface area (Å²) < 4.78 is 14.1. The Balaban J connectivity index is 3.08. The molecule has 0 radical (unpaired) electrons. The number of hydrogen-bond acceptors (Lipinski definition) is 2. The maximum Gasteiger partial charge on any atom is 0.255 e. The molecule has 0 fully saturated rings. The molecule has 0 aliphatic rings. The average molecular weight is 347 g/mol. The van der Waals surface area contributed by atoms with Crippen LogP contribution in [0.5, 0.6) is 0 Å². The minimum Gasteiger partial charge on any atom is -0.391 e. The quantitative estimate of drug-likeness (QED) is 0.805. The molecular weight excluding hydrogens is 331 g/mol. The van der Waals surface area contributed by atoms with Gasteiger partial charge in [0, 0.05) is 0 Å². The molecule has 19 heavy (non-hydrogen) atoms. The predicted octanol–water partition coefficient (Wildman–Crippen LogP) is 3.16. The van der Waals surface area contributed by atoms with Crippen LogP contribution in [-0.4, -0.2) is 16.4 Å². The maximum absolute atomic E-state index is 13.9. The van der Waals surface area contributed by atoms with Crippen molar-refractivity contribution in [1.29, 1.82) is 0 Å². The average Bonchev–Trinajstić information content (AvgIpc) is 2.38. The minimum atomic E-state index is -0.777. The van der Waals surface area contributed by atoms with E-state index in [9.17, 15) is 9.18 Å². The smallest absolute Gasteiger partial charge is 0.255 e. The van der Waals surface area contributed by atoms with Gasteiger partial charge in [-0.1, -0.05) is 32.1 Å². The van der Waals surface area contributed by atoms with Crippen molar-refractivity contribution in [3.05, 3.63) is 34.1 Å². The molecular formula is C13H16BrFN2OS. The Hall–Kier alpha value is -1.01. The number of carbonyl (C=O) groups excluding carboxylic acids is 1. The summed E-state index contributed by atoms with van der Waals surface area (Å²) in [7, 11) is 0. The van der Waals surface area contributed by atoms with E-state index in [2.05, 4.69) is 21.2 Å². The topological polar surface area (TPSA) is 55.1 Å². The second-order valence-corrected chi connectivity index (χ2v) is 5.50. The number of benzene rings is 1. The van der Waals surface area contributed by atoms with Crippen molar-refractivity contribution >= 4 is 39.0 Å². The van der Waals surface area contributed by atoms with Gasteiger partial charge in [0.2, 0.25) is 0 Å². The third kappa shape index (κ3) is 3.30. The first-order chi connectivity index (χ1) is 8.88. The molecule has 0 spiro atoms. The standard InChI is InChI=1S/C13H16BrFN2OS/c1-3-13(4-2,12(16)19)17-11(18)8-6-5-7-9(14)10(8)15/h5-7H,3-4H2,1-2H3,(H2,16,19)(H,17,18). The normalized spacial score (nSPS) is 11.2. The molecule has 0 unspecified atom stereocenters. The fourth-order valence-electron chi connectivity index (χ4n) is 1.80. The van der Waals surface area contributed by atoms with Crippen molar-refractivity contribution in [2.24, 2.45) is 5.73 Å². The van der Waals surface area contributed by atoms with Gasteiger partial charge in [-0.3, -0.25) is 4.79 Å². The van der Waals surface area contributed by atoms with Crippen LogP contribution >= 0.6 is 28.1 Å². The minimum absolute atomic E-state index is 0.0306. The molecule has 3 N–H and O–H groups in total. The van der Waals surface area contributed by atoms with E-state index in [1.165, 1.54) is 12.1 Å². The molecule has 0 bridgehead atoms. The van der Waals surface area contributed by atoms with Crippen molar-refractivity contribution in [1.82, 2.24) is 5.32 Å². The number of amides is 1. The molecule has 0 aliphatic heterocycles. The maximum atomic E-state index is 13.9. The number of rotatable bonds is 5. The molecule has 6 heteroatoms. The summed E-state index contributed by atoms with van der Waals surface area (Å²) in [6.07, 6.45) is 1.11. The van der Waals surface area contributed by atoms with Gasteiger partial charge in [0.15, 0.2) is 0 Å².